The Balaban J connectivity index is 2.13. The average molecular weight is 210 g/mol. The SMILES string of the molecule is CNCCCN(C)CCc1cnn(C)c1. The number of hydrogen-bond acceptors (Lipinski definition) is 3. The molecule has 0 spiro atoms. The summed E-state index contributed by atoms with van der Waals surface area (Å²) in [4.78, 5) is 2.37. The van der Waals surface area contributed by atoms with Crippen LogP contribution in [0.4, 0.5) is 0 Å². The Labute approximate surface area is 92.3 Å². The molecule has 1 aromatic heterocycles. The normalized spacial score (nSPS) is 11.2. The molecule has 86 valence electrons. The topological polar surface area (TPSA) is 33.1 Å². The van der Waals surface area contributed by atoms with Crippen molar-refractivity contribution in [2.75, 3.05) is 33.7 Å². The minimum atomic E-state index is 1.09. The first-order chi connectivity index (χ1) is 7.22. The first kappa shape index (κ1) is 12.2. The molecule has 0 bridgehead atoms. The van der Waals surface area contributed by atoms with Crippen LogP contribution in [0.5, 0.6) is 0 Å². The standard InChI is InChI=1S/C11H22N4/c1-12-6-4-7-14(2)8-5-11-9-13-15(3)10-11/h9-10,12H,4-8H2,1-3H3. The quantitative estimate of drug-likeness (QED) is 0.665. The van der Waals surface area contributed by atoms with Gasteiger partial charge in [-0.05, 0) is 45.6 Å². The van der Waals surface area contributed by atoms with E-state index in [9.17, 15) is 0 Å². The second-order valence-electron chi connectivity index (χ2n) is 4.03. The van der Waals surface area contributed by atoms with Crippen LogP contribution in [0.15, 0.2) is 12.4 Å². The van der Waals surface area contributed by atoms with Gasteiger partial charge in [-0.1, -0.05) is 0 Å². The number of hydrogen-bond donors (Lipinski definition) is 1. The van der Waals surface area contributed by atoms with E-state index in [1.807, 2.05) is 25.0 Å². The van der Waals surface area contributed by atoms with Gasteiger partial charge in [-0.2, -0.15) is 5.10 Å². The molecule has 15 heavy (non-hydrogen) atoms. The minimum absolute atomic E-state index is 1.09. The lowest BCUT2D eigenvalue weighted by molar-refractivity contribution is 0.332. The Bertz CT molecular complexity index is 269. The van der Waals surface area contributed by atoms with Gasteiger partial charge in [0.25, 0.3) is 0 Å². The second kappa shape index (κ2) is 6.58. The van der Waals surface area contributed by atoms with Crippen molar-refractivity contribution < 1.29 is 0 Å². The van der Waals surface area contributed by atoms with Crippen molar-refractivity contribution in [3.8, 4) is 0 Å². The summed E-state index contributed by atoms with van der Waals surface area (Å²) in [6.07, 6.45) is 6.33. The van der Waals surface area contributed by atoms with Gasteiger partial charge < -0.3 is 10.2 Å². The molecule has 1 N–H and O–H groups in total. The fourth-order valence-electron chi connectivity index (χ4n) is 1.56. The summed E-state index contributed by atoms with van der Waals surface area (Å²) < 4.78 is 1.86. The van der Waals surface area contributed by atoms with Gasteiger partial charge in [0.1, 0.15) is 0 Å². The number of nitrogens with zero attached hydrogens (tertiary/aromatic N) is 3. The highest BCUT2D eigenvalue weighted by molar-refractivity contribution is 5.03. The Kier molecular flexibility index (Phi) is 5.36. The van der Waals surface area contributed by atoms with Gasteiger partial charge in [0.15, 0.2) is 0 Å². The third-order valence-electron chi connectivity index (χ3n) is 2.51. The van der Waals surface area contributed by atoms with E-state index in [-0.39, 0.29) is 0 Å². The van der Waals surface area contributed by atoms with Crippen molar-refractivity contribution in [2.45, 2.75) is 12.8 Å². The highest BCUT2D eigenvalue weighted by atomic mass is 15.2. The van der Waals surface area contributed by atoms with Gasteiger partial charge in [0, 0.05) is 19.8 Å². The smallest absolute Gasteiger partial charge is 0.0522 e. The lowest BCUT2D eigenvalue weighted by atomic mass is 10.2. The van der Waals surface area contributed by atoms with Crippen molar-refractivity contribution in [1.82, 2.24) is 20.0 Å². The Morgan fingerprint density at radius 2 is 2.27 bits per heavy atom. The third-order valence-corrected chi connectivity index (χ3v) is 2.51. The van der Waals surface area contributed by atoms with E-state index < -0.39 is 0 Å². The molecule has 0 aromatic carbocycles. The summed E-state index contributed by atoms with van der Waals surface area (Å²) in [5.41, 5.74) is 1.32. The zero-order valence-electron chi connectivity index (χ0n) is 10.0. The molecule has 0 radical (unpaired) electrons. The number of aryl methyl sites for hydroxylation is 1. The lowest BCUT2D eigenvalue weighted by Crippen LogP contribution is -2.24. The van der Waals surface area contributed by atoms with Crippen molar-refractivity contribution in [1.29, 1.82) is 0 Å². The van der Waals surface area contributed by atoms with Gasteiger partial charge in [-0.15, -0.1) is 0 Å². The van der Waals surface area contributed by atoms with Crippen molar-refractivity contribution in [2.24, 2.45) is 7.05 Å². The second-order valence-corrected chi connectivity index (χ2v) is 4.03. The zero-order valence-corrected chi connectivity index (χ0v) is 10.0. The van der Waals surface area contributed by atoms with E-state index in [0.717, 1.165) is 26.1 Å². The minimum Gasteiger partial charge on any atom is -0.320 e. The van der Waals surface area contributed by atoms with Gasteiger partial charge in [-0.3, -0.25) is 4.68 Å². The van der Waals surface area contributed by atoms with Crippen LogP contribution in [0.2, 0.25) is 0 Å². The number of rotatable bonds is 7. The Morgan fingerprint density at radius 1 is 1.47 bits per heavy atom. The molecule has 0 aliphatic carbocycles. The molecule has 0 aliphatic heterocycles. The lowest BCUT2D eigenvalue weighted by Gasteiger charge is -2.15. The molecule has 0 saturated carbocycles. The fraction of sp³-hybridized carbons (Fsp3) is 0.727. The van der Waals surface area contributed by atoms with Crippen LogP contribution >= 0.6 is 0 Å². The number of aromatic nitrogens is 2. The molecule has 1 aromatic rings. The highest BCUT2D eigenvalue weighted by Crippen LogP contribution is 1.99. The maximum absolute atomic E-state index is 4.16. The van der Waals surface area contributed by atoms with Crippen LogP contribution in [0.1, 0.15) is 12.0 Å². The highest BCUT2D eigenvalue weighted by Gasteiger charge is 2.00. The van der Waals surface area contributed by atoms with Crippen LogP contribution in [-0.2, 0) is 13.5 Å². The van der Waals surface area contributed by atoms with E-state index in [1.54, 1.807) is 0 Å². The Morgan fingerprint density at radius 3 is 2.87 bits per heavy atom. The molecule has 0 amide bonds. The van der Waals surface area contributed by atoms with E-state index in [2.05, 4.69) is 28.6 Å². The monoisotopic (exact) mass is 210 g/mol. The maximum Gasteiger partial charge on any atom is 0.0522 e. The number of likely N-dealkylation sites (N-methyl/N-ethyl adjacent to an activating group) is 1. The molecule has 0 aliphatic rings. The molecular weight excluding hydrogens is 188 g/mol. The number of nitrogens with one attached hydrogen (secondary N) is 1. The molecular formula is C11H22N4. The predicted molar refractivity (Wildman–Crippen MR) is 63.0 cm³/mol. The molecule has 1 rings (SSSR count). The molecule has 0 saturated heterocycles. The molecule has 0 atom stereocenters. The van der Waals surface area contributed by atoms with Gasteiger partial charge >= 0.3 is 0 Å². The summed E-state index contributed by atoms with van der Waals surface area (Å²) in [6.45, 7) is 3.35. The first-order valence-corrected chi connectivity index (χ1v) is 5.53. The predicted octanol–water partition coefficient (Wildman–Crippen LogP) is 0.504. The van der Waals surface area contributed by atoms with E-state index in [4.69, 9.17) is 0 Å². The van der Waals surface area contributed by atoms with E-state index in [1.165, 1.54) is 12.0 Å². The van der Waals surface area contributed by atoms with E-state index in [0.29, 0.717) is 0 Å². The van der Waals surface area contributed by atoms with Crippen molar-refractivity contribution in [3.05, 3.63) is 18.0 Å². The van der Waals surface area contributed by atoms with Crippen LogP contribution < -0.4 is 5.32 Å². The third kappa shape index (κ3) is 4.95. The van der Waals surface area contributed by atoms with Crippen molar-refractivity contribution in [3.63, 3.8) is 0 Å². The van der Waals surface area contributed by atoms with Crippen LogP contribution in [0.25, 0.3) is 0 Å². The molecule has 4 nitrogen and oxygen atoms in total. The summed E-state index contributed by atoms with van der Waals surface area (Å²) in [7, 11) is 6.13. The molecule has 0 fully saturated rings. The largest absolute Gasteiger partial charge is 0.320 e. The summed E-state index contributed by atoms with van der Waals surface area (Å²) in [5, 5.41) is 7.32. The molecule has 0 unspecified atom stereocenters. The van der Waals surface area contributed by atoms with Gasteiger partial charge in [-0.25, -0.2) is 0 Å². The zero-order chi connectivity index (χ0) is 11.1. The fourth-order valence-corrected chi connectivity index (χ4v) is 1.56. The van der Waals surface area contributed by atoms with Crippen molar-refractivity contribution >= 4 is 0 Å². The average Bonchev–Trinajstić information content (AvgIpc) is 2.62. The van der Waals surface area contributed by atoms with Gasteiger partial charge in [0.05, 0.1) is 6.20 Å². The van der Waals surface area contributed by atoms with Crippen LogP contribution in [0, 0.1) is 0 Å². The summed E-state index contributed by atoms with van der Waals surface area (Å²) >= 11 is 0. The Hall–Kier alpha value is -0.870. The first-order valence-electron chi connectivity index (χ1n) is 5.53. The summed E-state index contributed by atoms with van der Waals surface area (Å²) in [6, 6.07) is 0. The molecule has 1 heterocycles. The van der Waals surface area contributed by atoms with Gasteiger partial charge in [0.2, 0.25) is 0 Å². The van der Waals surface area contributed by atoms with Crippen LogP contribution in [0.3, 0.4) is 0 Å². The summed E-state index contributed by atoms with van der Waals surface area (Å²) in [5.74, 6) is 0. The van der Waals surface area contributed by atoms with Crippen LogP contribution in [-0.4, -0.2) is 48.4 Å². The molecule has 4 heteroatoms. The maximum atomic E-state index is 4.16. The van der Waals surface area contributed by atoms with E-state index >= 15 is 0 Å².